The molecule has 0 saturated carbocycles. The summed E-state index contributed by atoms with van der Waals surface area (Å²) >= 11 is 0. The number of aliphatic imine (C=N–C) groups is 1. The number of ether oxygens (including phenoxy) is 1. The number of nitrogens with one attached hydrogen (secondary N) is 4. The Bertz CT molecular complexity index is 1270. The van der Waals surface area contributed by atoms with Crippen LogP contribution in [0.2, 0.25) is 0 Å². The number of amidine groups is 1. The van der Waals surface area contributed by atoms with Crippen molar-refractivity contribution in [3.05, 3.63) is 65.1 Å². The molecular weight excluding hydrogens is 470 g/mol. The Morgan fingerprint density at radius 3 is 2.73 bits per heavy atom. The molecule has 1 amide bonds. The summed E-state index contributed by atoms with van der Waals surface area (Å²) in [6.07, 6.45) is -0.432. The standard InChI is InChI=1S/C26H33N9O2/c1-16-5-3-8-20-21(16)26(36)34(19-7-4-6-18(13-19)33-9-11-37-12-10-33)24(32-20)17(2)35(27)25-22-23(29-14-28-22)30-15-31-25/h3-8,13,17,24,28,31-32H,9-12,14-15,27H2,1-2H3,(H,29,30). The van der Waals surface area contributed by atoms with E-state index in [4.69, 9.17) is 10.6 Å². The average Bonchev–Trinajstić information content (AvgIpc) is 3.42. The van der Waals surface area contributed by atoms with Crippen LogP contribution in [0, 0.1) is 6.92 Å². The number of anilines is 3. The fourth-order valence-corrected chi connectivity index (χ4v) is 5.40. The second kappa shape index (κ2) is 9.49. The zero-order chi connectivity index (χ0) is 25.5. The van der Waals surface area contributed by atoms with Crippen LogP contribution in [-0.4, -0.2) is 68.6 Å². The normalized spacial score (nSPS) is 21.6. The molecule has 4 heterocycles. The van der Waals surface area contributed by atoms with Crippen LogP contribution in [0.25, 0.3) is 0 Å². The van der Waals surface area contributed by atoms with E-state index in [-0.39, 0.29) is 11.9 Å². The van der Waals surface area contributed by atoms with E-state index in [2.05, 4.69) is 43.3 Å². The number of aryl methyl sites for hydroxylation is 1. The highest BCUT2D eigenvalue weighted by Crippen LogP contribution is 2.35. The molecule has 2 atom stereocenters. The maximum absolute atomic E-state index is 14.1. The van der Waals surface area contributed by atoms with Gasteiger partial charge in [-0.1, -0.05) is 18.2 Å². The summed E-state index contributed by atoms with van der Waals surface area (Å²) in [5, 5.41) is 15.1. The van der Waals surface area contributed by atoms with E-state index >= 15 is 0 Å². The van der Waals surface area contributed by atoms with E-state index in [0.29, 0.717) is 32.1 Å². The van der Waals surface area contributed by atoms with E-state index in [1.54, 1.807) is 5.01 Å². The fraction of sp³-hybridized carbons (Fsp3) is 0.385. The lowest BCUT2D eigenvalue weighted by atomic mass is 9.99. The first kappa shape index (κ1) is 23.4. The number of nitrogens with two attached hydrogens (primary N) is 1. The molecule has 4 aliphatic rings. The Morgan fingerprint density at radius 1 is 1.11 bits per heavy atom. The number of benzene rings is 2. The van der Waals surface area contributed by atoms with Gasteiger partial charge in [0.2, 0.25) is 0 Å². The highest BCUT2D eigenvalue weighted by molar-refractivity contribution is 6.13. The number of nitrogens with zero attached hydrogens (tertiary/aromatic N) is 4. The second-order valence-corrected chi connectivity index (χ2v) is 9.62. The molecule has 2 unspecified atom stereocenters. The van der Waals surface area contributed by atoms with Gasteiger partial charge < -0.3 is 30.9 Å². The van der Waals surface area contributed by atoms with E-state index in [0.717, 1.165) is 53.1 Å². The summed E-state index contributed by atoms with van der Waals surface area (Å²) in [4.78, 5) is 22.7. The summed E-state index contributed by atoms with van der Waals surface area (Å²) in [6.45, 7) is 8.04. The zero-order valence-electron chi connectivity index (χ0n) is 21.1. The minimum atomic E-state index is -0.432. The van der Waals surface area contributed by atoms with Gasteiger partial charge in [-0.3, -0.25) is 14.7 Å². The number of fused-ring (bicyclic) bond motifs is 2. The number of carbonyl (C=O) groups excluding carboxylic acids is 1. The van der Waals surface area contributed by atoms with Gasteiger partial charge in [-0.25, -0.2) is 10.8 Å². The Hall–Kier alpha value is -3.96. The van der Waals surface area contributed by atoms with Gasteiger partial charge in [0, 0.05) is 30.2 Å². The number of hydrazine groups is 1. The van der Waals surface area contributed by atoms with E-state index in [1.807, 2.05) is 49.1 Å². The molecule has 4 aliphatic heterocycles. The molecule has 0 spiro atoms. The van der Waals surface area contributed by atoms with Gasteiger partial charge in [0.1, 0.15) is 24.4 Å². The van der Waals surface area contributed by atoms with Crippen LogP contribution in [-0.2, 0) is 4.74 Å². The minimum absolute atomic E-state index is 0.0478. The van der Waals surface area contributed by atoms with Crippen LogP contribution in [0.15, 0.2) is 59.0 Å². The van der Waals surface area contributed by atoms with Gasteiger partial charge in [-0.2, -0.15) is 0 Å². The van der Waals surface area contributed by atoms with Gasteiger partial charge >= 0.3 is 0 Å². The van der Waals surface area contributed by atoms with Crippen LogP contribution in [0.4, 0.5) is 17.1 Å². The first-order valence-corrected chi connectivity index (χ1v) is 12.7. The molecule has 0 bridgehead atoms. The fourth-order valence-electron chi connectivity index (χ4n) is 5.40. The highest BCUT2D eigenvalue weighted by atomic mass is 16.5. The monoisotopic (exact) mass is 503 g/mol. The van der Waals surface area contributed by atoms with Crippen molar-refractivity contribution in [2.24, 2.45) is 10.8 Å². The number of carbonyl (C=O) groups is 1. The van der Waals surface area contributed by atoms with Crippen molar-refractivity contribution in [1.29, 1.82) is 0 Å². The maximum atomic E-state index is 14.1. The van der Waals surface area contributed by atoms with Crippen LogP contribution in [0.1, 0.15) is 22.8 Å². The van der Waals surface area contributed by atoms with Gasteiger partial charge in [-0.05, 0) is 43.7 Å². The van der Waals surface area contributed by atoms with Crippen molar-refractivity contribution in [2.75, 3.05) is 54.8 Å². The average molecular weight is 504 g/mol. The van der Waals surface area contributed by atoms with Crippen LogP contribution in [0.5, 0.6) is 0 Å². The molecule has 37 heavy (non-hydrogen) atoms. The lowest BCUT2D eigenvalue weighted by Crippen LogP contribution is -2.61. The number of morpholine rings is 1. The number of hydrogen-bond acceptors (Lipinski definition) is 10. The first-order chi connectivity index (χ1) is 18.0. The van der Waals surface area contributed by atoms with E-state index < -0.39 is 6.17 Å². The Balaban J connectivity index is 1.39. The third-order valence-electron chi connectivity index (χ3n) is 7.40. The summed E-state index contributed by atoms with van der Waals surface area (Å²) in [5.74, 6) is 8.24. The molecule has 2 saturated heterocycles. The predicted molar refractivity (Wildman–Crippen MR) is 144 cm³/mol. The molecule has 6 rings (SSSR count). The number of rotatable bonds is 5. The van der Waals surface area contributed by atoms with Crippen LogP contribution < -0.4 is 36.9 Å². The number of hydrogen-bond donors (Lipinski definition) is 5. The molecule has 6 N–H and O–H groups in total. The molecule has 0 radical (unpaired) electrons. The highest BCUT2D eigenvalue weighted by Gasteiger charge is 2.40. The molecule has 11 nitrogen and oxygen atoms in total. The minimum Gasteiger partial charge on any atom is -0.378 e. The van der Waals surface area contributed by atoms with Crippen molar-refractivity contribution >= 4 is 28.8 Å². The van der Waals surface area contributed by atoms with Crippen molar-refractivity contribution in [2.45, 2.75) is 26.1 Å². The molecule has 2 aromatic rings. The number of amides is 1. The van der Waals surface area contributed by atoms with Gasteiger partial charge in [0.05, 0.1) is 31.5 Å². The lowest BCUT2D eigenvalue weighted by molar-refractivity contribution is 0.0955. The SMILES string of the molecule is Cc1cccc2c1C(=O)N(c1cccc(N3CCOCC3)c1)C(C(C)N(N)C1=C3NCNC3=NCN1)N2. The molecule has 2 fully saturated rings. The molecule has 0 aromatic heterocycles. The van der Waals surface area contributed by atoms with Crippen molar-refractivity contribution in [1.82, 2.24) is 21.0 Å². The lowest BCUT2D eigenvalue weighted by Gasteiger charge is -2.45. The third-order valence-corrected chi connectivity index (χ3v) is 7.40. The van der Waals surface area contributed by atoms with Gasteiger partial charge in [0.25, 0.3) is 5.91 Å². The smallest absolute Gasteiger partial charge is 0.262 e. The third kappa shape index (κ3) is 4.09. The Labute approximate surface area is 216 Å². The molecule has 0 aliphatic carbocycles. The Kier molecular flexibility index (Phi) is 6.01. The zero-order valence-corrected chi connectivity index (χ0v) is 21.1. The van der Waals surface area contributed by atoms with Crippen molar-refractivity contribution in [3.63, 3.8) is 0 Å². The molecular formula is C26H33N9O2. The van der Waals surface area contributed by atoms with E-state index in [9.17, 15) is 4.79 Å². The summed E-state index contributed by atoms with van der Waals surface area (Å²) in [5.41, 5.74) is 5.15. The van der Waals surface area contributed by atoms with Crippen LogP contribution in [0.3, 0.4) is 0 Å². The Morgan fingerprint density at radius 2 is 1.89 bits per heavy atom. The van der Waals surface area contributed by atoms with Crippen molar-refractivity contribution < 1.29 is 9.53 Å². The van der Waals surface area contributed by atoms with Gasteiger partial charge in [-0.15, -0.1) is 0 Å². The molecule has 194 valence electrons. The summed E-state index contributed by atoms with van der Waals surface area (Å²) < 4.78 is 5.54. The van der Waals surface area contributed by atoms with Crippen LogP contribution >= 0.6 is 0 Å². The maximum Gasteiger partial charge on any atom is 0.262 e. The molecule has 11 heteroatoms. The topological polar surface area (TPSA) is 123 Å². The first-order valence-electron chi connectivity index (χ1n) is 12.7. The van der Waals surface area contributed by atoms with Gasteiger partial charge in [0.15, 0.2) is 5.84 Å². The quantitative estimate of drug-likeness (QED) is 0.301. The predicted octanol–water partition coefficient (Wildman–Crippen LogP) is 1.07. The molecule has 2 aromatic carbocycles. The largest absolute Gasteiger partial charge is 0.378 e. The summed E-state index contributed by atoms with van der Waals surface area (Å²) in [6, 6.07) is 13.8. The van der Waals surface area contributed by atoms with E-state index in [1.165, 1.54) is 0 Å². The second-order valence-electron chi connectivity index (χ2n) is 9.62. The summed E-state index contributed by atoms with van der Waals surface area (Å²) in [7, 11) is 0. The van der Waals surface area contributed by atoms with Crippen molar-refractivity contribution in [3.8, 4) is 0 Å².